The summed E-state index contributed by atoms with van der Waals surface area (Å²) in [5.41, 5.74) is 14.6. The number of rotatable bonds is 5. The van der Waals surface area contributed by atoms with Crippen molar-refractivity contribution in [2.24, 2.45) is 0 Å². The van der Waals surface area contributed by atoms with Crippen LogP contribution in [-0.2, 0) is 0 Å². The third-order valence-electron chi connectivity index (χ3n) is 10.9. The summed E-state index contributed by atoms with van der Waals surface area (Å²) in [5.74, 6) is 0. The summed E-state index contributed by atoms with van der Waals surface area (Å²) >= 11 is 0. The smallest absolute Gasteiger partial charge is 0.0541 e. The lowest BCUT2D eigenvalue weighted by Gasteiger charge is -2.27. The van der Waals surface area contributed by atoms with Gasteiger partial charge in [-0.3, -0.25) is 0 Å². The van der Waals surface area contributed by atoms with Crippen LogP contribution in [0.2, 0.25) is 0 Å². The maximum atomic E-state index is 2.41. The van der Waals surface area contributed by atoms with E-state index in [0.29, 0.717) is 0 Å². The Kier molecular flexibility index (Phi) is 6.28. The first kappa shape index (κ1) is 28.9. The van der Waals surface area contributed by atoms with Crippen molar-refractivity contribution in [1.82, 2.24) is 4.57 Å². The van der Waals surface area contributed by atoms with E-state index in [1.54, 1.807) is 0 Å². The molecule has 0 fully saturated rings. The Morgan fingerprint density at radius 1 is 0.327 bits per heavy atom. The van der Waals surface area contributed by atoms with E-state index in [9.17, 15) is 0 Å². The molecule has 10 aromatic rings. The first-order valence-corrected chi connectivity index (χ1v) is 17.9. The molecule has 11 rings (SSSR count). The van der Waals surface area contributed by atoms with Gasteiger partial charge in [-0.2, -0.15) is 0 Å². The topological polar surface area (TPSA) is 8.17 Å². The zero-order valence-electron chi connectivity index (χ0n) is 28.4. The molecule has 2 heteroatoms. The molecule has 0 atom stereocenters. The molecule has 0 spiro atoms. The number of para-hydroxylation sites is 2. The second-order valence-corrected chi connectivity index (χ2v) is 13.7. The van der Waals surface area contributed by atoms with Crippen LogP contribution in [0.5, 0.6) is 0 Å². The van der Waals surface area contributed by atoms with Gasteiger partial charge in [-0.25, -0.2) is 0 Å². The van der Waals surface area contributed by atoms with Crippen molar-refractivity contribution in [3.63, 3.8) is 0 Å². The van der Waals surface area contributed by atoms with Crippen LogP contribution < -0.4 is 4.90 Å². The first-order valence-electron chi connectivity index (χ1n) is 17.9. The van der Waals surface area contributed by atoms with Gasteiger partial charge in [0.05, 0.1) is 11.0 Å². The fourth-order valence-corrected chi connectivity index (χ4v) is 8.60. The summed E-state index contributed by atoms with van der Waals surface area (Å²) < 4.78 is 2.38. The van der Waals surface area contributed by atoms with E-state index in [2.05, 4.69) is 204 Å². The van der Waals surface area contributed by atoms with Gasteiger partial charge in [0.2, 0.25) is 0 Å². The molecule has 9 aromatic carbocycles. The molecule has 0 radical (unpaired) electrons. The molecule has 2 nitrogen and oxygen atoms in total. The van der Waals surface area contributed by atoms with Crippen molar-refractivity contribution in [2.45, 2.75) is 0 Å². The highest BCUT2D eigenvalue weighted by atomic mass is 15.1. The first-order chi connectivity index (χ1) is 25.8. The predicted molar refractivity (Wildman–Crippen MR) is 220 cm³/mol. The lowest BCUT2D eigenvalue weighted by molar-refractivity contribution is 1.17. The molecule has 0 saturated carbocycles. The van der Waals surface area contributed by atoms with Crippen molar-refractivity contribution >= 4 is 60.4 Å². The normalized spacial score (nSPS) is 11.8. The summed E-state index contributed by atoms with van der Waals surface area (Å²) in [6.07, 6.45) is 0. The molecule has 0 saturated heterocycles. The molecule has 0 N–H and O–H groups in total. The molecule has 1 aliphatic carbocycles. The minimum atomic E-state index is 1.11. The van der Waals surface area contributed by atoms with E-state index < -0.39 is 0 Å². The van der Waals surface area contributed by atoms with Crippen molar-refractivity contribution < 1.29 is 0 Å². The Morgan fingerprint density at radius 2 is 0.846 bits per heavy atom. The predicted octanol–water partition coefficient (Wildman–Crippen LogP) is 13.9. The third-order valence-corrected chi connectivity index (χ3v) is 10.9. The maximum absolute atomic E-state index is 2.41. The van der Waals surface area contributed by atoms with Crippen LogP contribution in [0.1, 0.15) is 0 Å². The van der Waals surface area contributed by atoms with Gasteiger partial charge in [0.25, 0.3) is 0 Å². The molecule has 0 aliphatic heterocycles. The van der Waals surface area contributed by atoms with Crippen LogP contribution in [0, 0.1) is 0 Å². The Hall–Kier alpha value is -6.90. The summed E-state index contributed by atoms with van der Waals surface area (Å²) in [6, 6.07) is 71.0. The molecular weight excluding hydrogens is 629 g/mol. The SMILES string of the molecule is c1ccc2c(c1)-c1cccc3cc(N(c4ccc(-c5cccc6ccccc56)cc4)c4ccc(-n5c6ccccc6c6ccccc65)cc4)cc-2c13. The van der Waals surface area contributed by atoms with Crippen LogP contribution in [0.3, 0.4) is 0 Å². The van der Waals surface area contributed by atoms with Gasteiger partial charge >= 0.3 is 0 Å². The van der Waals surface area contributed by atoms with Crippen LogP contribution in [0.4, 0.5) is 17.1 Å². The van der Waals surface area contributed by atoms with Gasteiger partial charge in [0.1, 0.15) is 0 Å². The highest BCUT2D eigenvalue weighted by Crippen LogP contribution is 2.50. The minimum absolute atomic E-state index is 1.11. The van der Waals surface area contributed by atoms with Crippen molar-refractivity contribution in [3.05, 3.63) is 194 Å². The second-order valence-electron chi connectivity index (χ2n) is 13.7. The third kappa shape index (κ3) is 4.31. The quantitative estimate of drug-likeness (QED) is 0.178. The fourth-order valence-electron chi connectivity index (χ4n) is 8.60. The van der Waals surface area contributed by atoms with E-state index in [4.69, 9.17) is 0 Å². The number of hydrogen-bond donors (Lipinski definition) is 0. The monoisotopic (exact) mass is 660 g/mol. The van der Waals surface area contributed by atoms with Crippen LogP contribution >= 0.6 is 0 Å². The zero-order valence-corrected chi connectivity index (χ0v) is 28.4. The number of aromatic nitrogens is 1. The molecule has 0 bridgehead atoms. The number of benzene rings is 9. The van der Waals surface area contributed by atoms with Gasteiger partial charge in [0.15, 0.2) is 0 Å². The van der Waals surface area contributed by atoms with E-state index in [0.717, 1.165) is 22.7 Å². The lowest BCUT2D eigenvalue weighted by atomic mass is 9.98. The second kappa shape index (κ2) is 11.3. The van der Waals surface area contributed by atoms with E-state index in [1.165, 1.54) is 76.7 Å². The van der Waals surface area contributed by atoms with E-state index in [-0.39, 0.29) is 0 Å². The van der Waals surface area contributed by atoms with Gasteiger partial charge in [-0.1, -0.05) is 133 Å². The standard InChI is InChI=1S/C50H32N2/c1-2-14-40-33(11-1)12-9-19-41(40)34-23-25-36(26-24-34)51(39-31-35-13-10-20-46-42-15-3-4-16-43(42)47(32-39)50(35)46)37-27-29-38(30-28-37)52-48-21-7-5-17-44(48)45-18-6-8-22-49(45)52/h1-32H. The molecule has 1 heterocycles. The Morgan fingerprint density at radius 3 is 1.56 bits per heavy atom. The summed E-state index contributed by atoms with van der Waals surface area (Å²) in [6.45, 7) is 0. The highest BCUT2D eigenvalue weighted by molar-refractivity contribution is 6.16. The van der Waals surface area contributed by atoms with Crippen molar-refractivity contribution in [1.29, 1.82) is 0 Å². The maximum Gasteiger partial charge on any atom is 0.0541 e. The van der Waals surface area contributed by atoms with Gasteiger partial charge in [-0.05, 0) is 116 Å². The number of nitrogens with zero attached hydrogens (tertiary/aromatic N) is 2. The molecule has 0 amide bonds. The largest absolute Gasteiger partial charge is 0.310 e. The Labute approximate surface area is 302 Å². The van der Waals surface area contributed by atoms with Gasteiger partial charge in [0, 0.05) is 33.5 Å². The molecule has 1 aromatic heterocycles. The number of hydrogen-bond acceptors (Lipinski definition) is 1. The average molecular weight is 661 g/mol. The Balaban J connectivity index is 1.09. The lowest BCUT2D eigenvalue weighted by Crippen LogP contribution is -2.10. The molecule has 0 unspecified atom stereocenters. The Bertz CT molecular complexity index is 2940. The number of fused-ring (bicyclic) bond motifs is 7. The van der Waals surface area contributed by atoms with E-state index in [1.807, 2.05) is 0 Å². The van der Waals surface area contributed by atoms with E-state index >= 15 is 0 Å². The van der Waals surface area contributed by atoms with Gasteiger partial charge < -0.3 is 9.47 Å². The van der Waals surface area contributed by atoms with Crippen LogP contribution in [0.15, 0.2) is 194 Å². The molecule has 242 valence electrons. The van der Waals surface area contributed by atoms with Crippen LogP contribution in [-0.4, -0.2) is 4.57 Å². The van der Waals surface area contributed by atoms with Gasteiger partial charge in [-0.15, -0.1) is 0 Å². The van der Waals surface area contributed by atoms with Crippen molar-refractivity contribution in [3.8, 4) is 39.1 Å². The molecular formula is C50H32N2. The molecule has 52 heavy (non-hydrogen) atoms. The average Bonchev–Trinajstić information content (AvgIpc) is 3.72. The summed E-state index contributed by atoms with van der Waals surface area (Å²) in [4.78, 5) is 2.41. The fraction of sp³-hybridized carbons (Fsp3) is 0. The summed E-state index contributed by atoms with van der Waals surface area (Å²) in [7, 11) is 0. The minimum Gasteiger partial charge on any atom is -0.310 e. The molecule has 1 aliphatic rings. The van der Waals surface area contributed by atoms with Crippen molar-refractivity contribution in [2.75, 3.05) is 4.90 Å². The van der Waals surface area contributed by atoms with Crippen LogP contribution in [0.25, 0.3) is 82.4 Å². The zero-order chi connectivity index (χ0) is 34.2. The summed E-state index contributed by atoms with van der Waals surface area (Å²) in [5, 5.41) is 7.64. The number of anilines is 3. The highest BCUT2D eigenvalue weighted by Gasteiger charge is 2.24.